The number of carboxylic acid groups (broad SMARTS) is 1. The Kier molecular flexibility index (Phi) is 7.08. The Balaban J connectivity index is 1.97. The van der Waals surface area contributed by atoms with Crippen LogP contribution in [0.1, 0.15) is 39.5 Å². The summed E-state index contributed by atoms with van der Waals surface area (Å²) in [6, 6.07) is 0. The number of aliphatic carboxylic acids is 1. The maximum Gasteiger partial charge on any atom is 0.534 e. The lowest BCUT2D eigenvalue weighted by Crippen LogP contribution is -2.40. The summed E-state index contributed by atoms with van der Waals surface area (Å²) in [5, 5.41) is 9.87. The molecule has 29 heavy (non-hydrogen) atoms. The van der Waals surface area contributed by atoms with Crippen molar-refractivity contribution in [2.75, 3.05) is 6.54 Å². The Labute approximate surface area is 166 Å². The number of carbonyl (C=O) groups is 6. The molecule has 1 saturated heterocycles. The number of nitrogens with zero attached hydrogens (tertiary/aromatic N) is 2. The first kappa shape index (κ1) is 22.1. The van der Waals surface area contributed by atoms with Gasteiger partial charge in [0.15, 0.2) is 0 Å². The van der Waals surface area contributed by atoms with Crippen LogP contribution < -0.4 is 0 Å². The second-order valence-electron chi connectivity index (χ2n) is 7.00. The van der Waals surface area contributed by atoms with Gasteiger partial charge in [-0.3, -0.25) is 33.7 Å². The highest BCUT2D eigenvalue weighted by atomic mass is 16.8. The fraction of sp³-hybridized carbons (Fsp3) is 0.556. The average Bonchev–Trinajstić information content (AvgIpc) is 3.13. The second-order valence-corrected chi connectivity index (χ2v) is 7.00. The molecule has 2 aliphatic rings. The van der Waals surface area contributed by atoms with Crippen LogP contribution in [-0.4, -0.2) is 63.5 Å². The van der Waals surface area contributed by atoms with Crippen molar-refractivity contribution in [3.8, 4) is 0 Å². The second kappa shape index (κ2) is 9.30. The minimum Gasteiger partial charge on any atom is -0.481 e. The molecule has 4 amide bonds. The number of amides is 4. The molecule has 11 heteroatoms. The van der Waals surface area contributed by atoms with Crippen molar-refractivity contribution in [2.45, 2.75) is 45.6 Å². The Hall–Kier alpha value is -3.24. The molecule has 2 atom stereocenters. The van der Waals surface area contributed by atoms with Gasteiger partial charge in [-0.25, -0.2) is 4.79 Å². The van der Waals surface area contributed by atoms with E-state index in [9.17, 15) is 33.9 Å². The molecule has 0 saturated carbocycles. The molecule has 1 N–H and O–H groups in total. The van der Waals surface area contributed by atoms with E-state index in [0.717, 1.165) is 17.1 Å². The summed E-state index contributed by atoms with van der Waals surface area (Å²) in [6.45, 7) is 3.30. The van der Waals surface area contributed by atoms with E-state index >= 15 is 0 Å². The number of hydrogen-bond donors (Lipinski definition) is 1. The van der Waals surface area contributed by atoms with E-state index in [4.69, 9.17) is 4.74 Å². The van der Waals surface area contributed by atoms with E-state index in [2.05, 4.69) is 4.84 Å². The van der Waals surface area contributed by atoms with Crippen molar-refractivity contribution in [3.63, 3.8) is 0 Å². The van der Waals surface area contributed by atoms with Crippen LogP contribution in [0.5, 0.6) is 0 Å². The minimum atomic E-state index is -1.35. The van der Waals surface area contributed by atoms with Crippen LogP contribution in [0.4, 0.5) is 4.79 Å². The van der Waals surface area contributed by atoms with Gasteiger partial charge in [-0.15, -0.1) is 0 Å². The van der Waals surface area contributed by atoms with Crippen LogP contribution in [0.3, 0.4) is 0 Å². The molecule has 0 aromatic rings. The highest BCUT2D eigenvalue weighted by Crippen LogP contribution is 2.24. The summed E-state index contributed by atoms with van der Waals surface area (Å²) in [4.78, 5) is 75.5. The molecule has 2 heterocycles. The number of carbonyl (C=O) groups excluding carboxylic acids is 5. The molecule has 1 fully saturated rings. The predicted octanol–water partition coefficient (Wildman–Crippen LogP) is 0.634. The molecule has 0 aromatic heterocycles. The zero-order valence-electron chi connectivity index (χ0n) is 16.0. The highest BCUT2D eigenvalue weighted by Gasteiger charge is 2.38. The molecular formula is C18H22N2O9. The molecular weight excluding hydrogens is 388 g/mol. The van der Waals surface area contributed by atoms with Crippen LogP contribution in [-0.2, 0) is 33.5 Å². The van der Waals surface area contributed by atoms with Crippen LogP contribution in [0.2, 0.25) is 0 Å². The quantitative estimate of drug-likeness (QED) is 0.427. The lowest BCUT2D eigenvalue weighted by Gasteiger charge is -2.27. The Morgan fingerprint density at radius 1 is 1.07 bits per heavy atom. The third-order valence-corrected chi connectivity index (χ3v) is 4.57. The number of imide groups is 2. The maximum absolute atomic E-state index is 12.0. The predicted molar refractivity (Wildman–Crippen MR) is 93.5 cm³/mol. The molecule has 0 spiro atoms. The van der Waals surface area contributed by atoms with Gasteiger partial charge in [0, 0.05) is 31.5 Å². The van der Waals surface area contributed by atoms with Crippen LogP contribution in [0, 0.1) is 11.8 Å². The van der Waals surface area contributed by atoms with E-state index in [1.165, 1.54) is 0 Å². The van der Waals surface area contributed by atoms with E-state index in [0.29, 0.717) is 5.06 Å². The third-order valence-electron chi connectivity index (χ3n) is 4.57. The van der Waals surface area contributed by atoms with Gasteiger partial charge < -0.3 is 9.84 Å². The molecule has 2 aliphatic heterocycles. The smallest absolute Gasteiger partial charge is 0.481 e. The molecule has 2 unspecified atom stereocenters. The van der Waals surface area contributed by atoms with Gasteiger partial charge in [-0.05, 0) is 18.8 Å². The Morgan fingerprint density at radius 2 is 1.62 bits per heavy atom. The SMILES string of the molecule is CC(C)C(OC(=O)ON1C(=O)CCC1=O)C(CCCN1C(=O)C=CC1=O)C(=O)O. The number of rotatable bonds is 9. The van der Waals surface area contributed by atoms with Gasteiger partial charge >= 0.3 is 12.1 Å². The normalized spacial score (nSPS) is 18.6. The summed E-state index contributed by atoms with van der Waals surface area (Å²) >= 11 is 0. The van der Waals surface area contributed by atoms with Crippen molar-refractivity contribution in [2.24, 2.45) is 11.8 Å². The number of carboxylic acids is 1. The van der Waals surface area contributed by atoms with Crippen molar-refractivity contribution >= 4 is 35.8 Å². The first-order valence-corrected chi connectivity index (χ1v) is 9.12. The molecule has 0 aromatic carbocycles. The fourth-order valence-electron chi connectivity index (χ4n) is 3.10. The lowest BCUT2D eigenvalue weighted by atomic mass is 9.89. The van der Waals surface area contributed by atoms with Gasteiger partial charge in [0.25, 0.3) is 23.6 Å². The van der Waals surface area contributed by atoms with Gasteiger partial charge in [-0.1, -0.05) is 18.9 Å². The highest BCUT2D eigenvalue weighted by molar-refractivity contribution is 6.12. The van der Waals surface area contributed by atoms with E-state index in [1.807, 2.05) is 0 Å². The van der Waals surface area contributed by atoms with Crippen LogP contribution in [0.15, 0.2) is 12.2 Å². The van der Waals surface area contributed by atoms with Crippen LogP contribution >= 0.6 is 0 Å². The summed E-state index contributed by atoms with van der Waals surface area (Å²) in [5.41, 5.74) is 0. The Morgan fingerprint density at radius 3 is 2.10 bits per heavy atom. The van der Waals surface area contributed by atoms with Crippen LogP contribution in [0.25, 0.3) is 0 Å². The van der Waals surface area contributed by atoms with Gasteiger partial charge in [0.05, 0.1) is 5.92 Å². The van der Waals surface area contributed by atoms with Gasteiger partial charge in [0.1, 0.15) is 6.10 Å². The molecule has 0 radical (unpaired) electrons. The zero-order valence-corrected chi connectivity index (χ0v) is 16.0. The summed E-state index contributed by atoms with van der Waals surface area (Å²) in [6.07, 6.45) is -0.170. The molecule has 2 rings (SSSR count). The number of ether oxygens (including phenoxy) is 1. The first-order valence-electron chi connectivity index (χ1n) is 9.12. The topological polar surface area (TPSA) is 148 Å². The number of hydroxylamine groups is 2. The molecule has 0 aliphatic carbocycles. The summed E-state index contributed by atoms with van der Waals surface area (Å²) in [5.74, 6) is -5.11. The van der Waals surface area contributed by atoms with Crippen molar-refractivity contribution < 1.29 is 43.4 Å². The third kappa shape index (κ3) is 5.39. The van der Waals surface area contributed by atoms with E-state index < -0.39 is 53.7 Å². The van der Waals surface area contributed by atoms with Crippen molar-refractivity contribution in [3.05, 3.63) is 12.2 Å². The first-order chi connectivity index (χ1) is 13.6. The summed E-state index contributed by atoms with van der Waals surface area (Å²) in [7, 11) is 0. The van der Waals surface area contributed by atoms with Gasteiger partial charge in [-0.2, -0.15) is 0 Å². The lowest BCUT2D eigenvalue weighted by molar-refractivity contribution is -0.181. The monoisotopic (exact) mass is 410 g/mol. The minimum absolute atomic E-state index is 0.0180. The molecule has 11 nitrogen and oxygen atoms in total. The average molecular weight is 410 g/mol. The zero-order chi connectivity index (χ0) is 21.7. The standard InChI is InChI=1S/C18H22N2O9/c1-10(2)16(28-18(27)29-20-14(23)7-8-15(20)24)11(17(25)26)4-3-9-19-12(21)5-6-13(19)22/h5-6,10-11,16H,3-4,7-9H2,1-2H3,(H,25,26). The van der Waals surface area contributed by atoms with E-state index in [-0.39, 0.29) is 32.2 Å². The largest absolute Gasteiger partial charge is 0.534 e. The molecule has 0 bridgehead atoms. The summed E-state index contributed by atoms with van der Waals surface area (Å²) < 4.78 is 5.11. The molecule has 158 valence electrons. The van der Waals surface area contributed by atoms with Crippen molar-refractivity contribution in [1.82, 2.24) is 9.96 Å². The maximum atomic E-state index is 12.0. The fourth-order valence-corrected chi connectivity index (χ4v) is 3.10. The van der Waals surface area contributed by atoms with E-state index in [1.54, 1.807) is 13.8 Å². The Bertz CT molecular complexity index is 724. The number of hydrogen-bond acceptors (Lipinski definition) is 8. The van der Waals surface area contributed by atoms with Gasteiger partial charge in [0.2, 0.25) is 0 Å². The van der Waals surface area contributed by atoms with Crippen molar-refractivity contribution in [1.29, 1.82) is 0 Å².